The lowest BCUT2D eigenvalue weighted by molar-refractivity contribution is -0.311. The van der Waals surface area contributed by atoms with Gasteiger partial charge in [-0.15, -0.1) is 4.99 Å². The first-order chi connectivity index (χ1) is 31.8. The molecule has 3 rings (SSSR count). The number of carbonyl (C=O) groups is 5. The molecule has 1 saturated carbocycles. The van der Waals surface area contributed by atoms with E-state index in [1.54, 1.807) is 96.2 Å². The SMILES string of the molecule is CNCC1=CC[C@@H](N/C(=N/C(=O)OC(C)(C)C)NC(=O)OC(C)(C)C)[C@@H](O[C@H]2[C@H](O)[C@@H](O[C@H]3OC[C@](C)(O)[C@H](N(C)C(=O)OC(C)(C)C)[C@H]3O)[C@H](NC(=O)CC(C)(C)C)C[C@@H]2NC(=O)OC(C)(C)C)O1. The standard InChI is InChI=1S/C47H83N7O16/c1-42(2,3)22-29(55)49-27-21-28(51-38(58)67-43(4,5)6)33(30(56)32(27)66-36-31(57)34(47(16,62)24-63-36)54(18)41(61)70-46(13,14)15)65-35-26(20-19-25(64-35)23-48-17)50-37(52-39(59)68-44(7,8)9)53-40(60)69-45(10,11)12/h19,26-28,30-36,48,56-57,62H,20-24H2,1-18H3,(H,49,55)(H,51,58)(H2,50,52,53,59,60)/t26-,27-,28+,30-,31-,32+,33-,34-,35-,36-,47+/m1/s1. The van der Waals surface area contributed by atoms with Crippen molar-refractivity contribution >= 4 is 36.2 Å². The molecule has 5 amide bonds. The Balaban J connectivity index is 2.18. The van der Waals surface area contributed by atoms with Gasteiger partial charge < -0.3 is 79.4 Å². The van der Waals surface area contributed by atoms with Crippen LogP contribution in [0.25, 0.3) is 0 Å². The molecule has 0 aromatic heterocycles. The van der Waals surface area contributed by atoms with Crippen LogP contribution < -0.4 is 26.6 Å². The molecule has 0 radical (unpaired) electrons. The van der Waals surface area contributed by atoms with Crippen molar-refractivity contribution in [1.29, 1.82) is 0 Å². The van der Waals surface area contributed by atoms with Gasteiger partial charge in [-0.1, -0.05) is 20.8 Å². The lowest BCUT2D eigenvalue weighted by Gasteiger charge is -2.50. The number of aliphatic imine (C=N–C) groups is 1. The van der Waals surface area contributed by atoms with Gasteiger partial charge in [0.2, 0.25) is 18.2 Å². The van der Waals surface area contributed by atoms with Crippen LogP contribution in [-0.4, -0.2) is 173 Å². The van der Waals surface area contributed by atoms with Gasteiger partial charge in [0.15, 0.2) is 6.29 Å². The molecule has 23 nitrogen and oxygen atoms in total. The van der Waals surface area contributed by atoms with Gasteiger partial charge in [-0.25, -0.2) is 19.2 Å². The highest BCUT2D eigenvalue weighted by Gasteiger charge is 2.55. The number of aliphatic hydroxyl groups excluding tert-OH is 2. The number of carbonyl (C=O) groups excluding carboxylic acids is 5. The van der Waals surface area contributed by atoms with E-state index in [0.29, 0.717) is 5.76 Å². The number of hydrogen-bond donors (Lipinski definition) is 8. The highest BCUT2D eigenvalue weighted by molar-refractivity contribution is 5.99. The molecule has 0 aromatic carbocycles. The maximum Gasteiger partial charge on any atom is 0.437 e. The van der Waals surface area contributed by atoms with Crippen LogP contribution >= 0.6 is 0 Å². The molecule has 8 N–H and O–H groups in total. The van der Waals surface area contributed by atoms with Gasteiger partial charge in [-0.3, -0.25) is 10.1 Å². The summed E-state index contributed by atoms with van der Waals surface area (Å²) in [6.07, 6.45) is -11.6. The van der Waals surface area contributed by atoms with E-state index in [0.717, 1.165) is 4.90 Å². The van der Waals surface area contributed by atoms with Crippen LogP contribution in [0.4, 0.5) is 19.2 Å². The van der Waals surface area contributed by atoms with Crippen LogP contribution in [0.2, 0.25) is 0 Å². The van der Waals surface area contributed by atoms with Gasteiger partial charge in [-0.05, 0) is 121 Å². The summed E-state index contributed by atoms with van der Waals surface area (Å²) in [6.45, 7) is 26.6. The fourth-order valence-electron chi connectivity index (χ4n) is 7.75. The quantitative estimate of drug-likeness (QED) is 0.0832. The third-order valence-electron chi connectivity index (χ3n) is 10.3. The Morgan fingerprint density at radius 2 is 1.27 bits per heavy atom. The molecular weight excluding hydrogens is 919 g/mol. The van der Waals surface area contributed by atoms with Crippen LogP contribution in [0.5, 0.6) is 0 Å². The molecule has 0 aromatic rings. The Kier molecular flexibility index (Phi) is 19.9. The number of nitrogens with zero attached hydrogens (tertiary/aromatic N) is 2. The zero-order chi connectivity index (χ0) is 53.5. The van der Waals surface area contributed by atoms with Crippen molar-refractivity contribution in [2.45, 2.75) is 219 Å². The summed E-state index contributed by atoms with van der Waals surface area (Å²) < 4.78 is 47.5. The zero-order valence-electron chi connectivity index (χ0n) is 44.4. The van der Waals surface area contributed by atoms with Crippen molar-refractivity contribution in [2.24, 2.45) is 10.4 Å². The van der Waals surface area contributed by atoms with E-state index < -0.39 is 137 Å². The number of hydrogen-bond acceptors (Lipinski definition) is 17. The minimum atomic E-state index is -1.83. The van der Waals surface area contributed by atoms with E-state index in [2.05, 4.69) is 31.6 Å². The van der Waals surface area contributed by atoms with Gasteiger partial charge in [-0.2, -0.15) is 0 Å². The molecular formula is C47H83N7O16. The van der Waals surface area contributed by atoms with E-state index in [-0.39, 0.29) is 25.8 Å². The zero-order valence-corrected chi connectivity index (χ0v) is 44.4. The molecule has 0 unspecified atom stereocenters. The normalized spacial score (nSPS) is 29.0. The minimum absolute atomic E-state index is 0.0406. The molecule has 3 aliphatic rings. The fraction of sp³-hybridized carbons (Fsp3) is 0.830. The Morgan fingerprint density at radius 3 is 1.80 bits per heavy atom. The van der Waals surface area contributed by atoms with Crippen LogP contribution in [0.3, 0.4) is 0 Å². The van der Waals surface area contributed by atoms with Gasteiger partial charge >= 0.3 is 24.4 Å². The second-order valence-corrected chi connectivity index (χ2v) is 23.4. The predicted molar refractivity (Wildman–Crippen MR) is 255 cm³/mol. The highest BCUT2D eigenvalue weighted by Crippen LogP contribution is 2.35. The van der Waals surface area contributed by atoms with Gasteiger partial charge in [0.05, 0.1) is 37.3 Å². The Labute approximate surface area is 412 Å². The molecule has 1 aliphatic carbocycles. The highest BCUT2D eigenvalue weighted by atomic mass is 16.7. The van der Waals surface area contributed by atoms with E-state index >= 15 is 0 Å². The van der Waals surface area contributed by atoms with Crippen molar-refractivity contribution < 1.29 is 77.2 Å². The molecule has 2 heterocycles. The molecule has 0 bridgehead atoms. The molecule has 402 valence electrons. The van der Waals surface area contributed by atoms with Gasteiger partial charge in [0.25, 0.3) is 0 Å². The van der Waals surface area contributed by atoms with Crippen molar-refractivity contribution in [1.82, 2.24) is 31.5 Å². The molecule has 23 heteroatoms. The third-order valence-corrected chi connectivity index (χ3v) is 10.3. The monoisotopic (exact) mass is 1000 g/mol. The summed E-state index contributed by atoms with van der Waals surface area (Å²) in [5.74, 6) is -0.415. The number of ether oxygens (including phenoxy) is 8. The van der Waals surface area contributed by atoms with Crippen molar-refractivity contribution in [3.8, 4) is 0 Å². The number of amides is 5. The van der Waals surface area contributed by atoms with E-state index in [4.69, 9.17) is 37.9 Å². The van der Waals surface area contributed by atoms with Gasteiger partial charge in [0, 0.05) is 13.5 Å². The summed E-state index contributed by atoms with van der Waals surface area (Å²) in [5.41, 5.74) is -6.08. The first-order valence-corrected chi connectivity index (χ1v) is 23.6. The number of guanidine groups is 1. The lowest BCUT2D eigenvalue weighted by Crippen LogP contribution is -2.70. The summed E-state index contributed by atoms with van der Waals surface area (Å²) in [6, 6.07) is -4.64. The Morgan fingerprint density at radius 1 is 0.743 bits per heavy atom. The topological polar surface area (TPSA) is 296 Å². The second kappa shape index (κ2) is 23.4. The van der Waals surface area contributed by atoms with Crippen molar-refractivity contribution in [3.63, 3.8) is 0 Å². The molecule has 2 aliphatic heterocycles. The smallest absolute Gasteiger partial charge is 0.437 e. The van der Waals surface area contributed by atoms with Crippen molar-refractivity contribution in [2.75, 3.05) is 27.2 Å². The average Bonchev–Trinajstić information content (AvgIpc) is 3.12. The summed E-state index contributed by atoms with van der Waals surface area (Å²) in [7, 11) is 3.04. The summed E-state index contributed by atoms with van der Waals surface area (Å²) in [4.78, 5) is 71.8. The molecule has 0 spiro atoms. The largest absolute Gasteiger partial charge is 0.466 e. The third kappa shape index (κ3) is 19.6. The first-order valence-electron chi connectivity index (χ1n) is 23.6. The summed E-state index contributed by atoms with van der Waals surface area (Å²) >= 11 is 0. The maximum absolute atomic E-state index is 13.7. The fourth-order valence-corrected chi connectivity index (χ4v) is 7.75. The molecule has 70 heavy (non-hydrogen) atoms. The Bertz CT molecular complexity index is 1880. The number of aliphatic hydroxyl groups is 3. The molecule has 2 fully saturated rings. The van der Waals surface area contributed by atoms with Gasteiger partial charge in [0.1, 0.15) is 58.2 Å². The number of rotatable bonds is 11. The second-order valence-electron chi connectivity index (χ2n) is 23.4. The van der Waals surface area contributed by atoms with Crippen LogP contribution in [0, 0.1) is 5.41 Å². The van der Waals surface area contributed by atoms with Crippen molar-refractivity contribution in [3.05, 3.63) is 11.8 Å². The predicted octanol–water partition coefficient (Wildman–Crippen LogP) is 3.66. The lowest BCUT2D eigenvalue weighted by atomic mass is 9.82. The number of likely N-dealkylation sites (N-methyl/N-ethyl adjacent to an activating group) is 2. The Hall–Kier alpha value is -4.52. The van der Waals surface area contributed by atoms with Crippen LogP contribution in [0.15, 0.2) is 16.8 Å². The van der Waals surface area contributed by atoms with E-state index in [1.807, 2.05) is 20.8 Å². The van der Waals surface area contributed by atoms with E-state index in [9.17, 15) is 39.3 Å². The van der Waals surface area contributed by atoms with Crippen LogP contribution in [0.1, 0.15) is 130 Å². The first kappa shape index (κ1) is 59.8. The molecule has 1 saturated heterocycles. The number of nitrogens with one attached hydrogen (secondary N) is 5. The summed E-state index contributed by atoms with van der Waals surface area (Å²) in [5, 5.41) is 50.3. The maximum atomic E-state index is 13.7. The van der Waals surface area contributed by atoms with E-state index in [1.165, 1.54) is 14.0 Å². The molecule has 11 atom stereocenters. The average molecular weight is 1000 g/mol. The minimum Gasteiger partial charge on any atom is -0.466 e. The van der Waals surface area contributed by atoms with Crippen LogP contribution in [-0.2, 0) is 42.7 Å². The number of alkyl carbamates (subject to hydrolysis) is 2.